The molecule has 67 heavy (non-hydrogen) atoms. The molecule has 4 bridgehead atoms. The molecule has 1 saturated heterocycles. The standard InChI is InChI=1S/C47H45ClF6N6O6S/c1-27-34-10-7-30(40(27)48)25-60(20-19-59-17-13-46(50,51)14-18-59)37(61)23-28-4-11-35(65-26-33-12-16-57-45(58-33)64-21-15-47(52,53)54)31(22-28)24-36(44(62)63)66-42(55-2)39-38(34)41(67-43(39)56-3)29-5-8-32(49)9-6-29/h4-12,16,22,36H,3,13-15,17-21,23-26H2,1-2H3,(H,62,63)/t36-/m1/s1. The lowest BCUT2D eigenvalue weighted by atomic mass is 9.93. The number of halogens is 7. The van der Waals surface area contributed by atoms with Crippen LogP contribution in [0.5, 0.6) is 11.8 Å². The summed E-state index contributed by atoms with van der Waals surface area (Å²) in [6.45, 7) is 5.53. The van der Waals surface area contributed by atoms with E-state index in [1.165, 1.54) is 42.8 Å². The van der Waals surface area contributed by atoms with E-state index in [9.17, 15) is 41.0 Å². The molecule has 1 amide bonds. The highest BCUT2D eigenvalue weighted by molar-refractivity contribution is 7.20. The van der Waals surface area contributed by atoms with Gasteiger partial charge in [-0.15, -0.1) is 11.3 Å². The molecule has 1 fully saturated rings. The molecule has 0 saturated carbocycles. The second kappa shape index (κ2) is 20.9. The number of carboxylic acids is 1. The van der Waals surface area contributed by atoms with Gasteiger partial charge in [-0.25, -0.2) is 22.9 Å². The molecule has 8 rings (SSSR count). The number of alkyl halides is 5. The summed E-state index contributed by atoms with van der Waals surface area (Å²) < 4.78 is 98.3. The van der Waals surface area contributed by atoms with E-state index in [1.807, 2.05) is 11.0 Å². The maximum Gasteiger partial charge on any atom is 0.392 e. The first-order valence-corrected chi connectivity index (χ1v) is 22.3. The fourth-order valence-electron chi connectivity index (χ4n) is 7.79. The largest absolute Gasteiger partial charge is 0.487 e. The van der Waals surface area contributed by atoms with Crippen LogP contribution in [-0.2, 0) is 40.3 Å². The van der Waals surface area contributed by atoms with Crippen LogP contribution < -0.4 is 9.47 Å². The van der Waals surface area contributed by atoms with Gasteiger partial charge in [-0.2, -0.15) is 18.2 Å². The number of hydrogen-bond donors (Lipinski definition) is 1. The van der Waals surface area contributed by atoms with Gasteiger partial charge >= 0.3 is 18.2 Å². The summed E-state index contributed by atoms with van der Waals surface area (Å²) >= 11 is 8.41. The zero-order chi connectivity index (χ0) is 48.0. The lowest BCUT2D eigenvalue weighted by molar-refractivity contribution is -0.145. The van der Waals surface area contributed by atoms with Crippen LogP contribution in [-0.4, -0.2) is 107 Å². The molecule has 0 spiro atoms. The summed E-state index contributed by atoms with van der Waals surface area (Å²) in [6.07, 6.45) is -7.06. The number of ether oxygens (including phenoxy) is 3. The smallest absolute Gasteiger partial charge is 0.392 e. The van der Waals surface area contributed by atoms with Gasteiger partial charge in [0.25, 0.3) is 5.92 Å². The van der Waals surface area contributed by atoms with Crippen molar-refractivity contribution in [1.29, 1.82) is 0 Å². The van der Waals surface area contributed by atoms with E-state index < -0.39 is 43.0 Å². The molecule has 12 nitrogen and oxygen atoms in total. The second-order valence-corrected chi connectivity index (χ2v) is 17.4. The van der Waals surface area contributed by atoms with Crippen LogP contribution in [0.2, 0.25) is 5.02 Å². The molecule has 2 aromatic heterocycles. The predicted octanol–water partition coefficient (Wildman–Crippen LogP) is 9.92. The third kappa shape index (κ3) is 12.1. The number of hydrogen-bond acceptors (Lipinski definition) is 11. The summed E-state index contributed by atoms with van der Waals surface area (Å²) in [4.78, 5) is 48.5. The van der Waals surface area contributed by atoms with Gasteiger partial charge in [-0.3, -0.25) is 14.8 Å². The third-order valence-corrected chi connectivity index (χ3v) is 13.1. The van der Waals surface area contributed by atoms with Crippen molar-refractivity contribution in [3.05, 3.63) is 111 Å². The maximum absolute atomic E-state index is 14.4. The van der Waals surface area contributed by atoms with Crippen molar-refractivity contribution in [1.82, 2.24) is 19.8 Å². The van der Waals surface area contributed by atoms with Gasteiger partial charge in [0.05, 0.1) is 24.1 Å². The van der Waals surface area contributed by atoms with Crippen molar-refractivity contribution in [2.45, 2.75) is 70.4 Å². The average molecular weight is 971 g/mol. The van der Waals surface area contributed by atoms with Crippen molar-refractivity contribution in [3.8, 4) is 33.3 Å². The number of likely N-dealkylation sites (tertiary alicyclic amines) is 1. The van der Waals surface area contributed by atoms with Gasteiger partial charge in [0.1, 0.15) is 29.8 Å². The normalized spacial score (nSPS) is 17.4. The van der Waals surface area contributed by atoms with Crippen LogP contribution in [0, 0.1) is 12.7 Å². The number of carboxylic acid groups (broad SMARTS) is 1. The summed E-state index contributed by atoms with van der Waals surface area (Å²) in [6, 6.07) is 15.4. The first-order chi connectivity index (χ1) is 31.9. The number of benzene rings is 3. The number of aliphatic imine (C=N–C) groups is 2. The second-order valence-electron chi connectivity index (χ2n) is 16.0. The summed E-state index contributed by atoms with van der Waals surface area (Å²) in [5.74, 6) is -4.84. The highest BCUT2D eigenvalue weighted by atomic mass is 35.5. The van der Waals surface area contributed by atoms with Crippen molar-refractivity contribution < 1.29 is 55.2 Å². The number of carbonyl (C=O) groups is 2. The fourth-order valence-corrected chi connectivity index (χ4v) is 9.13. The van der Waals surface area contributed by atoms with Crippen molar-refractivity contribution in [2.75, 3.05) is 39.8 Å². The molecule has 3 aromatic carbocycles. The summed E-state index contributed by atoms with van der Waals surface area (Å²) in [5.41, 5.74) is 4.21. The minimum absolute atomic E-state index is 0.0598. The molecule has 0 radical (unpaired) electrons. The number of aromatic nitrogens is 2. The third-order valence-electron chi connectivity index (χ3n) is 11.4. The van der Waals surface area contributed by atoms with Gasteiger partial charge in [-0.1, -0.05) is 48.0 Å². The highest BCUT2D eigenvalue weighted by Crippen LogP contribution is 2.50. The molecular formula is C47H45ClF6N6O6S. The van der Waals surface area contributed by atoms with Gasteiger partial charge < -0.3 is 29.1 Å². The Labute approximate surface area is 390 Å². The van der Waals surface area contributed by atoms with E-state index in [0.29, 0.717) is 66.0 Å². The Morgan fingerprint density at radius 1 is 1.04 bits per heavy atom. The molecule has 0 unspecified atom stereocenters. The molecule has 20 heteroatoms. The SMILES string of the molecule is C=Nc1sc(-c2ccc(F)cc2)c2c1C(=NC)O[C@@H](C(=O)O)Cc1cc(ccc1OCc1ccnc(OCCC(F)(F)F)n1)CC(=O)N(CCN1CCC(F)(F)CC1)Cc1ccc-2c(C)c1Cl. The Balaban J connectivity index is 1.31. The molecular weight excluding hydrogens is 926 g/mol. The van der Waals surface area contributed by atoms with Crippen molar-refractivity contribution in [3.63, 3.8) is 0 Å². The van der Waals surface area contributed by atoms with Crippen LogP contribution in [0.15, 0.2) is 76.8 Å². The van der Waals surface area contributed by atoms with E-state index >= 15 is 0 Å². The Morgan fingerprint density at radius 3 is 2.48 bits per heavy atom. The highest BCUT2D eigenvalue weighted by Gasteiger charge is 2.35. The molecule has 1 atom stereocenters. The number of piperidine rings is 1. The number of thiophene rings is 1. The number of fused-ring (bicyclic) bond motifs is 8. The topological polar surface area (TPSA) is 139 Å². The monoisotopic (exact) mass is 970 g/mol. The Hall–Kier alpha value is -6.05. The van der Waals surface area contributed by atoms with Crippen LogP contribution in [0.25, 0.3) is 21.6 Å². The van der Waals surface area contributed by atoms with E-state index in [-0.39, 0.29) is 87.7 Å². The molecule has 5 aromatic rings. The zero-order valence-corrected chi connectivity index (χ0v) is 37.9. The summed E-state index contributed by atoms with van der Waals surface area (Å²) in [5, 5.41) is 11.4. The van der Waals surface area contributed by atoms with Gasteiger partial charge in [0, 0.05) is 80.7 Å². The lowest BCUT2D eigenvalue weighted by Gasteiger charge is -2.33. The molecule has 1 N–H and O–H groups in total. The Morgan fingerprint density at radius 2 is 1.79 bits per heavy atom. The first-order valence-electron chi connectivity index (χ1n) is 21.1. The number of aliphatic carboxylic acids is 1. The predicted molar refractivity (Wildman–Crippen MR) is 241 cm³/mol. The minimum Gasteiger partial charge on any atom is -0.487 e. The molecule has 354 valence electrons. The Kier molecular flexibility index (Phi) is 15.2. The molecule has 0 aliphatic carbocycles. The van der Waals surface area contributed by atoms with Gasteiger partial charge in [-0.05, 0) is 71.3 Å². The van der Waals surface area contributed by atoms with Crippen LogP contribution in [0.4, 0.5) is 31.3 Å². The average Bonchev–Trinajstić information content (AvgIpc) is 3.66. The van der Waals surface area contributed by atoms with Crippen molar-refractivity contribution >= 4 is 52.4 Å². The Bertz CT molecular complexity index is 2650. The van der Waals surface area contributed by atoms with Gasteiger partial charge in [0.15, 0.2) is 0 Å². The lowest BCUT2D eigenvalue weighted by Crippen LogP contribution is -2.44. The molecule has 3 aliphatic heterocycles. The first kappa shape index (κ1) is 48.9. The van der Waals surface area contributed by atoms with Crippen LogP contribution >= 0.6 is 22.9 Å². The van der Waals surface area contributed by atoms with Crippen LogP contribution in [0.3, 0.4) is 0 Å². The quantitative estimate of drug-likeness (QED) is 0.0957. The minimum atomic E-state index is -4.44. The number of nitrogens with zero attached hydrogens (tertiary/aromatic N) is 6. The molecule has 3 aliphatic rings. The van der Waals surface area contributed by atoms with Crippen molar-refractivity contribution in [2.24, 2.45) is 9.98 Å². The summed E-state index contributed by atoms with van der Waals surface area (Å²) in [7, 11) is 1.43. The fraction of sp³-hybridized carbons (Fsp3) is 0.362. The van der Waals surface area contributed by atoms with E-state index in [4.69, 9.17) is 25.8 Å². The number of rotatable bonds is 12. The number of amides is 1. The van der Waals surface area contributed by atoms with E-state index in [0.717, 1.165) is 0 Å². The van der Waals surface area contributed by atoms with E-state index in [2.05, 4.69) is 26.7 Å². The van der Waals surface area contributed by atoms with E-state index in [1.54, 1.807) is 48.2 Å². The molecule has 5 heterocycles. The zero-order valence-electron chi connectivity index (χ0n) is 36.3. The van der Waals surface area contributed by atoms with Gasteiger partial charge in [0.2, 0.25) is 17.9 Å². The maximum atomic E-state index is 14.4. The number of carbonyl (C=O) groups excluding carboxylic acids is 1. The van der Waals surface area contributed by atoms with Crippen LogP contribution in [0.1, 0.15) is 52.8 Å².